The number of halogens is 1. The molecule has 0 N–H and O–H groups in total. The van der Waals surface area contributed by atoms with Crippen LogP contribution >= 0.6 is 15.9 Å². The zero-order chi connectivity index (χ0) is 7.28. The van der Waals surface area contributed by atoms with E-state index in [1.807, 2.05) is 6.92 Å². The molecule has 0 spiro atoms. The minimum absolute atomic E-state index is 0.137. The molecule has 0 aromatic rings. The first-order valence-corrected chi connectivity index (χ1v) is 3.92. The van der Waals surface area contributed by atoms with Crippen molar-refractivity contribution in [3.8, 4) is 0 Å². The van der Waals surface area contributed by atoms with Crippen LogP contribution in [0.25, 0.3) is 0 Å². The predicted octanol–water partition coefficient (Wildman–Crippen LogP) is 2.07. The number of esters is 1. The molecule has 0 aromatic heterocycles. The van der Waals surface area contributed by atoms with Crippen LogP contribution in [0.5, 0.6) is 0 Å². The monoisotopic (exact) mass is 194 g/mol. The number of ether oxygens (including phenoxy) is 1. The van der Waals surface area contributed by atoms with Crippen molar-refractivity contribution in [3.05, 3.63) is 0 Å². The van der Waals surface area contributed by atoms with Crippen LogP contribution in [0, 0.1) is 0 Å². The van der Waals surface area contributed by atoms with Crippen LogP contribution in [0.1, 0.15) is 26.7 Å². The molecule has 0 heterocycles. The van der Waals surface area contributed by atoms with Gasteiger partial charge in [0, 0.05) is 6.42 Å². The average Bonchev–Trinajstić information content (AvgIpc) is 1.63. The van der Waals surface area contributed by atoms with Crippen molar-refractivity contribution in [2.24, 2.45) is 0 Å². The molecule has 0 amide bonds. The minimum atomic E-state index is -0.156. The first-order chi connectivity index (χ1) is 4.16. The van der Waals surface area contributed by atoms with Crippen molar-refractivity contribution in [2.45, 2.75) is 31.7 Å². The lowest BCUT2D eigenvalue weighted by Gasteiger charge is -2.03. The normalized spacial score (nSPS) is 12.8. The van der Waals surface area contributed by atoms with Gasteiger partial charge < -0.3 is 4.74 Å². The molecular formula is C6H11BrO2. The Kier molecular flexibility index (Phi) is 4.77. The molecule has 0 aromatic carbocycles. The first-order valence-electron chi connectivity index (χ1n) is 3.00. The van der Waals surface area contributed by atoms with Gasteiger partial charge in [-0.15, -0.1) is 0 Å². The fraction of sp³-hybridized carbons (Fsp3) is 0.833. The molecule has 2 nitrogen and oxygen atoms in total. The standard InChI is InChI=1S/C6H11BrO2/c1-3-4-6(8)9-5(2)7/h5H,3-4H2,1-2H3/t5-/m0/s1. The van der Waals surface area contributed by atoms with Crippen LogP contribution in [0.2, 0.25) is 0 Å². The fourth-order valence-electron chi connectivity index (χ4n) is 0.444. The minimum Gasteiger partial charge on any atom is -0.451 e. The second-order valence-electron chi connectivity index (χ2n) is 1.78. The Morgan fingerprint density at radius 3 is 2.67 bits per heavy atom. The summed E-state index contributed by atoms with van der Waals surface area (Å²) in [5.74, 6) is -0.137. The second-order valence-corrected chi connectivity index (χ2v) is 3.07. The van der Waals surface area contributed by atoms with Gasteiger partial charge in [-0.05, 0) is 29.3 Å². The lowest BCUT2D eigenvalue weighted by molar-refractivity contribution is -0.144. The Morgan fingerprint density at radius 1 is 1.78 bits per heavy atom. The number of rotatable bonds is 3. The third-order valence-electron chi connectivity index (χ3n) is 0.748. The average molecular weight is 195 g/mol. The van der Waals surface area contributed by atoms with Gasteiger partial charge in [-0.1, -0.05) is 6.92 Å². The van der Waals surface area contributed by atoms with E-state index in [-0.39, 0.29) is 11.0 Å². The zero-order valence-corrected chi connectivity index (χ0v) is 7.27. The van der Waals surface area contributed by atoms with Crippen molar-refractivity contribution in [2.75, 3.05) is 0 Å². The Bertz CT molecular complexity index is 91.1. The van der Waals surface area contributed by atoms with Gasteiger partial charge in [0.2, 0.25) is 0 Å². The summed E-state index contributed by atoms with van der Waals surface area (Å²) in [7, 11) is 0. The SMILES string of the molecule is CCCC(=O)O[C@@H](C)Br. The Hall–Kier alpha value is -0.0500. The lowest BCUT2D eigenvalue weighted by Crippen LogP contribution is -2.07. The zero-order valence-electron chi connectivity index (χ0n) is 5.69. The molecular weight excluding hydrogens is 184 g/mol. The largest absolute Gasteiger partial charge is 0.451 e. The summed E-state index contributed by atoms with van der Waals surface area (Å²) >= 11 is 3.10. The quantitative estimate of drug-likeness (QED) is 0.509. The van der Waals surface area contributed by atoms with Crippen LogP contribution in [0.3, 0.4) is 0 Å². The summed E-state index contributed by atoms with van der Waals surface area (Å²) in [6, 6.07) is 0. The van der Waals surface area contributed by atoms with E-state index >= 15 is 0 Å². The highest BCUT2D eigenvalue weighted by atomic mass is 79.9. The highest BCUT2D eigenvalue weighted by molar-refractivity contribution is 9.09. The van der Waals surface area contributed by atoms with E-state index in [0.29, 0.717) is 6.42 Å². The van der Waals surface area contributed by atoms with Crippen molar-refractivity contribution in [1.29, 1.82) is 0 Å². The number of alkyl halides is 1. The third kappa shape index (κ3) is 5.83. The summed E-state index contributed by atoms with van der Waals surface area (Å²) in [4.78, 5) is 10.6. The molecule has 0 saturated carbocycles. The predicted molar refractivity (Wildman–Crippen MR) is 39.4 cm³/mol. The van der Waals surface area contributed by atoms with Crippen molar-refractivity contribution < 1.29 is 9.53 Å². The summed E-state index contributed by atoms with van der Waals surface area (Å²) in [6.07, 6.45) is 1.36. The molecule has 0 aliphatic rings. The Morgan fingerprint density at radius 2 is 2.33 bits per heavy atom. The molecule has 0 aliphatic heterocycles. The van der Waals surface area contributed by atoms with Gasteiger partial charge in [0.25, 0.3) is 0 Å². The van der Waals surface area contributed by atoms with E-state index in [1.165, 1.54) is 0 Å². The molecule has 0 aliphatic carbocycles. The van der Waals surface area contributed by atoms with Gasteiger partial charge in [0.05, 0.1) is 0 Å². The van der Waals surface area contributed by atoms with E-state index in [9.17, 15) is 4.79 Å². The molecule has 1 atom stereocenters. The van der Waals surface area contributed by atoms with E-state index in [4.69, 9.17) is 4.74 Å². The van der Waals surface area contributed by atoms with E-state index < -0.39 is 0 Å². The topological polar surface area (TPSA) is 26.3 Å². The molecule has 0 rings (SSSR count). The summed E-state index contributed by atoms with van der Waals surface area (Å²) in [5, 5.41) is -0.156. The van der Waals surface area contributed by atoms with Gasteiger partial charge in [0.15, 0.2) is 5.01 Å². The maximum Gasteiger partial charge on any atom is 0.306 e. The molecule has 0 unspecified atom stereocenters. The Balaban J connectivity index is 3.27. The van der Waals surface area contributed by atoms with E-state index in [1.54, 1.807) is 6.92 Å². The van der Waals surface area contributed by atoms with Crippen LogP contribution in [0.15, 0.2) is 0 Å². The second kappa shape index (κ2) is 4.79. The summed E-state index contributed by atoms with van der Waals surface area (Å²) in [6.45, 7) is 3.72. The number of carbonyl (C=O) groups excluding carboxylic acids is 1. The van der Waals surface area contributed by atoms with Crippen molar-refractivity contribution in [1.82, 2.24) is 0 Å². The fourth-order valence-corrected chi connectivity index (χ4v) is 0.653. The van der Waals surface area contributed by atoms with Gasteiger partial charge in [0.1, 0.15) is 0 Å². The molecule has 3 heteroatoms. The number of carbonyl (C=O) groups is 1. The first kappa shape index (κ1) is 8.95. The molecule has 0 radical (unpaired) electrons. The van der Waals surface area contributed by atoms with Gasteiger partial charge >= 0.3 is 5.97 Å². The van der Waals surface area contributed by atoms with Crippen LogP contribution < -0.4 is 0 Å². The smallest absolute Gasteiger partial charge is 0.306 e. The molecule has 0 fully saturated rings. The van der Waals surface area contributed by atoms with Crippen LogP contribution in [0.4, 0.5) is 0 Å². The molecule has 54 valence electrons. The Labute approximate surface area is 63.7 Å². The summed E-state index contributed by atoms with van der Waals surface area (Å²) < 4.78 is 4.77. The van der Waals surface area contributed by atoms with Gasteiger partial charge in [-0.25, -0.2) is 0 Å². The third-order valence-corrected chi connectivity index (χ3v) is 0.935. The molecule has 9 heavy (non-hydrogen) atoms. The number of hydrogen-bond donors (Lipinski definition) is 0. The van der Waals surface area contributed by atoms with Gasteiger partial charge in [-0.2, -0.15) is 0 Å². The highest BCUT2D eigenvalue weighted by Gasteiger charge is 2.02. The van der Waals surface area contributed by atoms with Crippen LogP contribution in [-0.2, 0) is 9.53 Å². The van der Waals surface area contributed by atoms with E-state index in [2.05, 4.69) is 15.9 Å². The molecule has 0 bridgehead atoms. The highest BCUT2D eigenvalue weighted by Crippen LogP contribution is 2.02. The van der Waals surface area contributed by atoms with E-state index in [0.717, 1.165) is 6.42 Å². The van der Waals surface area contributed by atoms with Crippen molar-refractivity contribution in [3.63, 3.8) is 0 Å². The van der Waals surface area contributed by atoms with Crippen LogP contribution in [-0.4, -0.2) is 11.0 Å². The summed E-state index contributed by atoms with van der Waals surface area (Å²) in [5.41, 5.74) is 0. The maximum atomic E-state index is 10.6. The number of hydrogen-bond acceptors (Lipinski definition) is 2. The van der Waals surface area contributed by atoms with Gasteiger partial charge in [-0.3, -0.25) is 4.79 Å². The maximum absolute atomic E-state index is 10.6. The molecule has 0 saturated heterocycles. The van der Waals surface area contributed by atoms with Crippen molar-refractivity contribution >= 4 is 21.9 Å². The lowest BCUT2D eigenvalue weighted by atomic mass is 10.3.